The molecule has 0 spiro atoms. The maximum absolute atomic E-state index is 5.48. The van der Waals surface area contributed by atoms with E-state index in [0.29, 0.717) is 6.61 Å². The van der Waals surface area contributed by atoms with E-state index >= 15 is 0 Å². The minimum absolute atomic E-state index is 0.495. The zero-order valence-electron chi connectivity index (χ0n) is 7.31. The monoisotopic (exact) mass is 253 g/mol. The Morgan fingerprint density at radius 2 is 2.36 bits per heavy atom. The van der Waals surface area contributed by atoms with Crippen LogP contribution < -0.4 is 4.74 Å². The Kier molecular flexibility index (Phi) is 2.84. The summed E-state index contributed by atoms with van der Waals surface area (Å²) in [7, 11) is 0. The topological polar surface area (TPSA) is 35.3 Å². The average molecular weight is 254 g/mol. The number of rotatable bonds is 3. The van der Waals surface area contributed by atoms with E-state index in [-0.39, 0.29) is 0 Å². The van der Waals surface area contributed by atoms with E-state index in [1.54, 1.807) is 24.9 Å². The SMILES string of the molecule is Brc1cncc(OCc2ccoc2)c1. The van der Waals surface area contributed by atoms with E-state index in [1.165, 1.54) is 0 Å². The maximum Gasteiger partial charge on any atom is 0.139 e. The third-order valence-corrected chi connectivity index (χ3v) is 2.10. The lowest BCUT2D eigenvalue weighted by molar-refractivity contribution is 0.303. The molecule has 0 aliphatic heterocycles. The molecule has 14 heavy (non-hydrogen) atoms. The van der Waals surface area contributed by atoms with Gasteiger partial charge in [-0.2, -0.15) is 0 Å². The van der Waals surface area contributed by atoms with Crippen LogP contribution in [0.5, 0.6) is 5.75 Å². The first kappa shape index (κ1) is 9.27. The van der Waals surface area contributed by atoms with Crippen LogP contribution in [-0.2, 0) is 6.61 Å². The second-order valence-corrected chi connectivity index (χ2v) is 3.67. The van der Waals surface area contributed by atoms with E-state index in [1.807, 2.05) is 12.1 Å². The fourth-order valence-electron chi connectivity index (χ4n) is 1.01. The molecule has 2 aromatic heterocycles. The molecular formula is C10H8BrNO2. The number of hydrogen-bond donors (Lipinski definition) is 0. The summed E-state index contributed by atoms with van der Waals surface area (Å²) in [5, 5.41) is 0. The van der Waals surface area contributed by atoms with Crippen molar-refractivity contribution >= 4 is 15.9 Å². The maximum atomic E-state index is 5.48. The summed E-state index contributed by atoms with van der Waals surface area (Å²) in [6.45, 7) is 0.495. The molecule has 0 unspecified atom stereocenters. The smallest absolute Gasteiger partial charge is 0.139 e. The molecule has 0 saturated carbocycles. The highest BCUT2D eigenvalue weighted by molar-refractivity contribution is 9.10. The minimum atomic E-state index is 0.495. The van der Waals surface area contributed by atoms with Gasteiger partial charge in [0, 0.05) is 16.2 Å². The predicted octanol–water partition coefficient (Wildman–Crippen LogP) is 3.02. The molecule has 2 heterocycles. The van der Waals surface area contributed by atoms with E-state index in [9.17, 15) is 0 Å². The Bertz CT molecular complexity index is 400. The molecule has 4 heteroatoms. The molecule has 0 fully saturated rings. The standard InChI is InChI=1S/C10H8BrNO2/c11-9-3-10(5-12-4-9)14-7-8-1-2-13-6-8/h1-6H,7H2. The Hall–Kier alpha value is -1.29. The molecule has 3 nitrogen and oxygen atoms in total. The summed E-state index contributed by atoms with van der Waals surface area (Å²) in [4.78, 5) is 3.99. The summed E-state index contributed by atoms with van der Waals surface area (Å²) < 4.78 is 11.3. The summed E-state index contributed by atoms with van der Waals surface area (Å²) in [5.41, 5.74) is 1.00. The van der Waals surface area contributed by atoms with Crippen molar-refractivity contribution in [2.45, 2.75) is 6.61 Å². The van der Waals surface area contributed by atoms with E-state index in [0.717, 1.165) is 15.8 Å². The van der Waals surface area contributed by atoms with Crippen LogP contribution >= 0.6 is 15.9 Å². The minimum Gasteiger partial charge on any atom is -0.487 e. The van der Waals surface area contributed by atoms with Gasteiger partial charge in [0.1, 0.15) is 12.4 Å². The van der Waals surface area contributed by atoms with Crippen LogP contribution in [-0.4, -0.2) is 4.98 Å². The quantitative estimate of drug-likeness (QED) is 0.844. The molecule has 0 radical (unpaired) electrons. The second kappa shape index (κ2) is 4.28. The van der Waals surface area contributed by atoms with Crippen molar-refractivity contribution in [3.05, 3.63) is 47.1 Å². The highest BCUT2D eigenvalue weighted by Gasteiger charge is 1.97. The molecule has 0 N–H and O–H groups in total. The van der Waals surface area contributed by atoms with Gasteiger partial charge in [-0.15, -0.1) is 0 Å². The number of furan rings is 1. The Morgan fingerprint density at radius 3 is 3.07 bits per heavy atom. The Morgan fingerprint density at radius 1 is 1.43 bits per heavy atom. The largest absolute Gasteiger partial charge is 0.487 e. The van der Waals surface area contributed by atoms with Crippen molar-refractivity contribution < 1.29 is 9.15 Å². The van der Waals surface area contributed by atoms with Crippen LogP contribution in [0.4, 0.5) is 0 Å². The lowest BCUT2D eigenvalue weighted by atomic mass is 10.4. The molecule has 0 bridgehead atoms. The van der Waals surface area contributed by atoms with Gasteiger partial charge in [-0.3, -0.25) is 4.98 Å². The first-order valence-corrected chi connectivity index (χ1v) is 4.88. The fourth-order valence-corrected chi connectivity index (χ4v) is 1.36. The van der Waals surface area contributed by atoms with Crippen LogP contribution in [0.2, 0.25) is 0 Å². The van der Waals surface area contributed by atoms with Gasteiger partial charge in [0.25, 0.3) is 0 Å². The summed E-state index contributed by atoms with van der Waals surface area (Å²) in [5.74, 6) is 0.737. The van der Waals surface area contributed by atoms with Gasteiger partial charge in [0.05, 0.1) is 18.7 Å². The molecule has 2 aromatic rings. The van der Waals surface area contributed by atoms with Crippen LogP contribution in [0, 0.1) is 0 Å². The van der Waals surface area contributed by atoms with Crippen molar-refractivity contribution in [2.75, 3.05) is 0 Å². The summed E-state index contributed by atoms with van der Waals surface area (Å²) in [6, 6.07) is 3.73. The van der Waals surface area contributed by atoms with Crippen molar-refractivity contribution in [3.8, 4) is 5.75 Å². The molecule has 0 atom stereocenters. The van der Waals surface area contributed by atoms with Crippen molar-refractivity contribution in [2.24, 2.45) is 0 Å². The van der Waals surface area contributed by atoms with Gasteiger partial charge in [0.2, 0.25) is 0 Å². The first-order chi connectivity index (χ1) is 6.84. The molecule has 2 rings (SSSR count). The number of halogens is 1. The molecule has 0 aliphatic carbocycles. The van der Waals surface area contributed by atoms with E-state index in [2.05, 4.69) is 20.9 Å². The molecule has 0 aromatic carbocycles. The molecule has 72 valence electrons. The van der Waals surface area contributed by atoms with Gasteiger partial charge >= 0.3 is 0 Å². The first-order valence-electron chi connectivity index (χ1n) is 4.09. The van der Waals surface area contributed by atoms with E-state index in [4.69, 9.17) is 9.15 Å². The lowest BCUT2D eigenvalue weighted by Gasteiger charge is -2.03. The number of aromatic nitrogens is 1. The highest BCUT2D eigenvalue weighted by Crippen LogP contribution is 2.17. The fraction of sp³-hybridized carbons (Fsp3) is 0.100. The predicted molar refractivity (Wildman–Crippen MR) is 55.0 cm³/mol. The van der Waals surface area contributed by atoms with Crippen molar-refractivity contribution in [3.63, 3.8) is 0 Å². The second-order valence-electron chi connectivity index (χ2n) is 2.76. The summed E-state index contributed by atoms with van der Waals surface area (Å²) >= 11 is 3.32. The molecule has 0 amide bonds. The van der Waals surface area contributed by atoms with Crippen LogP contribution in [0.25, 0.3) is 0 Å². The van der Waals surface area contributed by atoms with Crippen LogP contribution in [0.15, 0.2) is 45.9 Å². The number of ether oxygens (including phenoxy) is 1. The molecular weight excluding hydrogens is 246 g/mol. The van der Waals surface area contributed by atoms with Gasteiger partial charge in [-0.1, -0.05) is 0 Å². The molecule has 0 aliphatic rings. The van der Waals surface area contributed by atoms with E-state index < -0.39 is 0 Å². The zero-order valence-corrected chi connectivity index (χ0v) is 8.90. The number of pyridine rings is 1. The average Bonchev–Trinajstić information content (AvgIpc) is 2.67. The summed E-state index contributed by atoms with van der Waals surface area (Å²) in [6.07, 6.45) is 6.67. The van der Waals surface area contributed by atoms with Crippen molar-refractivity contribution in [1.82, 2.24) is 4.98 Å². The van der Waals surface area contributed by atoms with Gasteiger partial charge < -0.3 is 9.15 Å². The lowest BCUT2D eigenvalue weighted by Crippen LogP contribution is -1.93. The van der Waals surface area contributed by atoms with Gasteiger partial charge in [0.15, 0.2) is 0 Å². The molecule has 0 saturated heterocycles. The third-order valence-electron chi connectivity index (χ3n) is 1.67. The normalized spacial score (nSPS) is 10.1. The van der Waals surface area contributed by atoms with Gasteiger partial charge in [-0.25, -0.2) is 0 Å². The van der Waals surface area contributed by atoms with Crippen molar-refractivity contribution in [1.29, 1.82) is 0 Å². The van der Waals surface area contributed by atoms with Crippen LogP contribution in [0.3, 0.4) is 0 Å². The van der Waals surface area contributed by atoms with Crippen LogP contribution in [0.1, 0.15) is 5.56 Å². The third kappa shape index (κ3) is 2.35. The Labute approximate surface area is 89.8 Å². The highest BCUT2D eigenvalue weighted by atomic mass is 79.9. The number of nitrogens with zero attached hydrogens (tertiary/aromatic N) is 1. The zero-order chi connectivity index (χ0) is 9.80. The number of hydrogen-bond acceptors (Lipinski definition) is 3. The Balaban J connectivity index is 1.98. The van der Waals surface area contributed by atoms with Gasteiger partial charge in [-0.05, 0) is 28.1 Å².